The number of carboxylic acids is 2. The zero-order chi connectivity index (χ0) is 50.9. The second kappa shape index (κ2) is 26.6. The van der Waals surface area contributed by atoms with Gasteiger partial charge in [0, 0.05) is 76.5 Å². The number of amides is 2. The van der Waals surface area contributed by atoms with Crippen LogP contribution >= 0.6 is 86.1 Å². The summed E-state index contributed by atoms with van der Waals surface area (Å²) in [5.41, 5.74) is 7.80. The van der Waals surface area contributed by atoms with Crippen LogP contribution in [0.2, 0.25) is 5.28 Å². The van der Waals surface area contributed by atoms with Crippen LogP contribution in [0.1, 0.15) is 105 Å². The van der Waals surface area contributed by atoms with Crippen LogP contribution < -0.4 is 53.4 Å². The summed E-state index contributed by atoms with van der Waals surface area (Å²) in [6.07, 6.45) is 16.6. The molecule has 2 aromatic heterocycles. The van der Waals surface area contributed by atoms with E-state index in [9.17, 15) is 24.3 Å². The van der Waals surface area contributed by atoms with E-state index >= 15 is 0 Å². The topological polar surface area (TPSA) is 230 Å². The van der Waals surface area contributed by atoms with Crippen LogP contribution in [-0.4, -0.2) is 107 Å². The van der Waals surface area contributed by atoms with Crippen molar-refractivity contribution in [1.29, 1.82) is 0 Å². The first-order valence-electron chi connectivity index (χ1n) is 22.4. The molecule has 2 amide bonds. The summed E-state index contributed by atoms with van der Waals surface area (Å²) in [7, 11) is 6.57. The van der Waals surface area contributed by atoms with Gasteiger partial charge < -0.3 is 50.3 Å². The summed E-state index contributed by atoms with van der Waals surface area (Å²) in [6, 6.07) is 9.78. The van der Waals surface area contributed by atoms with Gasteiger partial charge in [0.05, 0.1) is 59.9 Å². The summed E-state index contributed by atoms with van der Waals surface area (Å²) in [5, 5.41) is 21.2. The number of rotatable bonds is 8. The van der Waals surface area contributed by atoms with Gasteiger partial charge in [-0.1, -0.05) is 33.1 Å². The number of methoxy groups -OCH3 is 2. The van der Waals surface area contributed by atoms with Crippen LogP contribution in [0.3, 0.4) is 0 Å². The zero-order valence-electron chi connectivity index (χ0n) is 38.9. The molecule has 5 N–H and O–H groups in total. The van der Waals surface area contributed by atoms with Crippen molar-refractivity contribution in [2.75, 3.05) is 72.1 Å². The standard InChI is InChI=1S/C23H27N5O4.C15H19ClN4O.C8H9NO3.CH4.I3.I2/c1-27-17-12-24-22(25-16-8-7-14(20(29)30)11-18(16)32-2)26-19(17)28(15-5-3-4-6-15)13-23(9-10-23)21(27)31;1-19-11-8-17-14(16)18-12(11)20(10-4-2-3-5-10)9-15(6-7-15)13(19)21;1-12-7-4-5(8(10)11)2-3-6(7)9;;1-3-2;1-2/h7-8,11-12,15H,3-6,9-10,13H2,1-2H3,(H,29,30)(H,24,25,26);8,10H,2-7,9H2,1H3;2-4H,9H2,1H3,(H,10,11);1H4;;/q;;;;-1;. The molecule has 24 heteroatoms. The number of aromatic nitrogens is 4. The molecule has 18 nitrogen and oxygen atoms in total. The molecule has 0 unspecified atom stereocenters. The van der Waals surface area contributed by atoms with Gasteiger partial charge in [0.15, 0.2) is 11.6 Å². The molecule has 0 bridgehead atoms. The number of fused-ring (bicyclic) bond motifs is 2. The van der Waals surface area contributed by atoms with Crippen molar-refractivity contribution in [2.24, 2.45) is 10.8 Å². The number of carbonyl (C=O) groups is 4. The Morgan fingerprint density at radius 3 is 1.61 bits per heavy atom. The summed E-state index contributed by atoms with van der Waals surface area (Å²) in [5.74, 6) is 1.09. The summed E-state index contributed by atoms with van der Waals surface area (Å²) >= 11 is 15.6. The third kappa shape index (κ3) is 13.9. The third-order valence-electron chi connectivity index (χ3n) is 13.6. The summed E-state index contributed by atoms with van der Waals surface area (Å²) in [6.45, 7) is 1.47. The number of ether oxygens (including phenoxy) is 2. The van der Waals surface area contributed by atoms with Crippen molar-refractivity contribution in [3.63, 3.8) is 0 Å². The van der Waals surface area contributed by atoms with Crippen molar-refractivity contribution >= 4 is 150 Å². The molecule has 0 radical (unpaired) electrons. The number of aromatic carboxylic acids is 2. The Morgan fingerprint density at radius 1 is 0.746 bits per heavy atom. The van der Waals surface area contributed by atoms with E-state index < -0.39 is 11.9 Å². The summed E-state index contributed by atoms with van der Waals surface area (Å²) in [4.78, 5) is 73.6. The van der Waals surface area contributed by atoms with Crippen LogP contribution in [0.15, 0.2) is 48.8 Å². The van der Waals surface area contributed by atoms with Gasteiger partial charge in [-0.05, 0) is 99.4 Å². The van der Waals surface area contributed by atoms with E-state index in [2.05, 4.69) is 105 Å². The molecule has 10 rings (SSSR count). The van der Waals surface area contributed by atoms with E-state index in [1.54, 1.807) is 28.3 Å². The predicted octanol–water partition coefficient (Wildman–Crippen LogP) is 8.23. The van der Waals surface area contributed by atoms with Crippen molar-refractivity contribution in [3.8, 4) is 11.5 Å². The maximum atomic E-state index is 13.2. The van der Waals surface area contributed by atoms with Crippen molar-refractivity contribution < 1.29 is 52.1 Å². The number of nitrogen functional groups attached to an aromatic ring is 1. The van der Waals surface area contributed by atoms with E-state index in [1.165, 1.54) is 83.1 Å². The third-order valence-corrected chi connectivity index (χ3v) is 13.8. The van der Waals surface area contributed by atoms with E-state index in [4.69, 9.17) is 36.9 Å². The normalized spacial score (nSPS) is 18.0. The van der Waals surface area contributed by atoms with E-state index in [0.29, 0.717) is 60.7 Å². The Labute approximate surface area is 473 Å². The Kier molecular flexibility index (Phi) is 22.2. The number of hydrogen-bond acceptors (Lipinski definition) is 14. The number of nitrogens with two attached hydrogens (primary N) is 1. The fourth-order valence-electron chi connectivity index (χ4n) is 9.51. The van der Waals surface area contributed by atoms with Crippen molar-refractivity contribution in [1.82, 2.24) is 19.9 Å². The number of hydrogen-bond donors (Lipinski definition) is 4. The fraction of sp³-hybridized carbons (Fsp3) is 0.489. The second-order valence-electron chi connectivity index (χ2n) is 17.8. The molecule has 6 aliphatic rings. The number of carboxylic acid groups (broad SMARTS) is 2. The molecule has 2 aromatic carbocycles. The average Bonchev–Trinajstić information content (AvgIpc) is 4.19. The van der Waals surface area contributed by atoms with E-state index in [0.717, 1.165) is 68.1 Å². The number of nitrogens with zero attached hydrogens (tertiary/aromatic N) is 8. The number of anilines is 7. The Balaban J connectivity index is 0.000000206. The first-order chi connectivity index (χ1) is 33.6. The molecule has 4 fully saturated rings. The number of nitrogens with one attached hydrogen (secondary N) is 1. The fourth-order valence-corrected chi connectivity index (χ4v) is 9.64. The van der Waals surface area contributed by atoms with Crippen LogP contribution in [0, 0.1) is 10.8 Å². The van der Waals surface area contributed by atoms with Crippen LogP contribution in [0.4, 0.5) is 40.3 Å². The monoisotopic (exact) mass is 1560 g/mol. The van der Waals surface area contributed by atoms with Gasteiger partial charge in [-0.15, -0.1) is 0 Å². The number of halogens is 6. The first kappa shape index (κ1) is 59.1. The molecule has 4 heterocycles. The van der Waals surface area contributed by atoms with Crippen molar-refractivity contribution in [3.05, 3.63) is 65.2 Å². The minimum absolute atomic E-state index is 0. The molecule has 388 valence electrons. The van der Waals surface area contributed by atoms with Gasteiger partial charge in [-0.25, -0.2) is 19.6 Å². The molecule has 0 saturated heterocycles. The molecule has 4 aliphatic carbocycles. The Hall–Kier alpha value is -2.78. The van der Waals surface area contributed by atoms with E-state index in [-0.39, 0.29) is 46.5 Å². The van der Waals surface area contributed by atoms with Crippen LogP contribution in [0.5, 0.6) is 11.5 Å². The molecule has 4 aromatic rings. The maximum absolute atomic E-state index is 13.2. The molecule has 2 aliphatic heterocycles. The zero-order valence-corrected chi connectivity index (χ0v) is 50.5. The van der Waals surface area contributed by atoms with Crippen molar-refractivity contribution in [2.45, 2.75) is 96.6 Å². The first-order valence-corrected chi connectivity index (χ1v) is 41.7. The molecule has 71 heavy (non-hydrogen) atoms. The molecule has 0 atom stereocenters. The van der Waals surface area contributed by atoms with Gasteiger partial charge in [0.25, 0.3) is 0 Å². The second-order valence-corrected chi connectivity index (χ2v) is 34.4. The van der Waals surface area contributed by atoms with Gasteiger partial charge >= 0.3 is 62.4 Å². The van der Waals surface area contributed by atoms with Gasteiger partial charge in [0.1, 0.15) is 22.9 Å². The van der Waals surface area contributed by atoms with E-state index in [1.807, 2.05) is 14.1 Å². The SMILES string of the molecule is C.CN1C(=O)C2(CC2)CN(C2CCCC2)c2nc(Cl)ncc21.COc1cc(C(=O)O)ccc1N.COc1cc(C(=O)O)ccc1Nc1ncc2c(n1)N(C1CCCC1)CC1(CC1)C(=O)N2C.II.I[I-]I. The molecular weight excluding hydrogens is 1500 g/mol. The minimum atomic E-state index is -1.02. The summed E-state index contributed by atoms with van der Waals surface area (Å²) < 4.78 is 10.2. The molecule has 2 spiro atoms. The van der Waals surface area contributed by atoms with Gasteiger partial charge in [-0.3, -0.25) is 9.59 Å². The van der Waals surface area contributed by atoms with Crippen LogP contribution in [0.25, 0.3) is 0 Å². The quantitative estimate of drug-likeness (QED) is 0.0740. The molecule has 4 saturated carbocycles. The average molecular weight is 1560 g/mol. The molecular formula is C47H59ClI5N10O8-. The predicted molar refractivity (Wildman–Crippen MR) is 309 cm³/mol. The Bertz CT molecular complexity index is 2530. The number of carbonyl (C=O) groups excluding carboxylic acids is 2. The Morgan fingerprint density at radius 2 is 1.17 bits per heavy atom. The van der Waals surface area contributed by atoms with Gasteiger partial charge in [0.2, 0.25) is 23.0 Å². The van der Waals surface area contributed by atoms with Crippen LogP contribution in [-0.2, 0) is 9.59 Å². The number of benzene rings is 2. The van der Waals surface area contributed by atoms with Gasteiger partial charge in [-0.2, -0.15) is 9.97 Å².